The van der Waals surface area contributed by atoms with Gasteiger partial charge in [0.25, 0.3) is 6.01 Å². The summed E-state index contributed by atoms with van der Waals surface area (Å²) >= 11 is 0. The Labute approximate surface area is 145 Å². The van der Waals surface area contributed by atoms with E-state index in [-0.39, 0.29) is 24.7 Å². The average molecular weight is 362 g/mol. The van der Waals surface area contributed by atoms with Gasteiger partial charge in [-0.1, -0.05) is 12.1 Å². The minimum Gasteiger partial charge on any atom is -0.423 e. The fourth-order valence-electron chi connectivity index (χ4n) is 2.85. The van der Waals surface area contributed by atoms with Gasteiger partial charge in [-0.3, -0.25) is 9.78 Å². The second-order valence-electron chi connectivity index (χ2n) is 5.83. The molecule has 0 atom stereocenters. The highest BCUT2D eigenvalue weighted by Gasteiger charge is 2.34. The van der Waals surface area contributed by atoms with Crippen LogP contribution in [0.15, 0.2) is 47.0 Å². The van der Waals surface area contributed by atoms with Crippen LogP contribution in [0.2, 0.25) is 0 Å². The third-order valence-corrected chi connectivity index (χ3v) is 4.12. The molecule has 3 heterocycles. The largest absolute Gasteiger partial charge is 0.433 e. The van der Waals surface area contributed by atoms with Gasteiger partial charge in [0.15, 0.2) is 5.58 Å². The average Bonchev–Trinajstić information content (AvgIpc) is 3.05. The highest BCUT2D eigenvalue weighted by Crippen LogP contribution is 2.30. The summed E-state index contributed by atoms with van der Waals surface area (Å²) in [4.78, 5) is 23.1. The molecule has 9 heteroatoms. The lowest BCUT2D eigenvalue weighted by molar-refractivity contribution is -0.141. The first kappa shape index (κ1) is 16.4. The zero-order valence-electron chi connectivity index (χ0n) is 13.4. The van der Waals surface area contributed by atoms with Crippen molar-refractivity contribution in [3.8, 4) is 0 Å². The van der Waals surface area contributed by atoms with E-state index in [1.54, 1.807) is 17.0 Å². The maximum Gasteiger partial charge on any atom is 0.433 e. The van der Waals surface area contributed by atoms with Crippen LogP contribution in [0.5, 0.6) is 0 Å². The van der Waals surface area contributed by atoms with Crippen molar-refractivity contribution in [2.24, 2.45) is 0 Å². The molecule has 0 spiro atoms. The second kappa shape index (κ2) is 6.01. The standard InChI is InChI=1S/C17H13F3N4O2/c18-17(19,20)14-9-11(5-6-21-14)24-8-7-23(10-15(24)25)16-22-12-3-1-2-4-13(12)26-16/h1-6,9H,7-8,10H2. The summed E-state index contributed by atoms with van der Waals surface area (Å²) in [7, 11) is 0. The highest BCUT2D eigenvalue weighted by molar-refractivity contribution is 5.97. The van der Waals surface area contributed by atoms with Crippen LogP contribution in [0.4, 0.5) is 24.9 Å². The third-order valence-electron chi connectivity index (χ3n) is 4.12. The topological polar surface area (TPSA) is 62.5 Å². The molecule has 26 heavy (non-hydrogen) atoms. The van der Waals surface area contributed by atoms with Crippen molar-refractivity contribution in [2.45, 2.75) is 6.18 Å². The van der Waals surface area contributed by atoms with Crippen LogP contribution in [0.3, 0.4) is 0 Å². The summed E-state index contributed by atoms with van der Waals surface area (Å²) in [5.74, 6) is -0.335. The van der Waals surface area contributed by atoms with Crippen LogP contribution < -0.4 is 9.80 Å². The summed E-state index contributed by atoms with van der Waals surface area (Å²) in [6, 6.07) is 9.83. The zero-order chi connectivity index (χ0) is 18.3. The SMILES string of the molecule is O=C1CN(c2nc3ccccc3o2)CCN1c1ccnc(C(F)(F)F)c1. The van der Waals surface area contributed by atoms with E-state index in [1.807, 2.05) is 12.1 Å². The van der Waals surface area contributed by atoms with E-state index in [2.05, 4.69) is 9.97 Å². The summed E-state index contributed by atoms with van der Waals surface area (Å²) in [6.45, 7) is 0.581. The summed E-state index contributed by atoms with van der Waals surface area (Å²) in [6.07, 6.45) is -3.50. The third kappa shape index (κ3) is 2.96. The quantitative estimate of drug-likeness (QED) is 0.701. The molecule has 1 fully saturated rings. The lowest BCUT2D eigenvalue weighted by atomic mass is 10.2. The number of hydrogen-bond donors (Lipinski definition) is 0. The van der Waals surface area contributed by atoms with Crippen LogP contribution in [0, 0.1) is 0 Å². The number of oxazole rings is 1. The van der Waals surface area contributed by atoms with Crippen LogP contribution in [-0.4, -0.2) is 35.5 Å². The maximum atomic E-state index is 12.8. The van der Waals surface area contributed by atoms with E-state index in [0.29, 0.717) is 23.7 Å². The fourth-order valence-corrected chi connectivity index (χ4v) is 2.85. The molecule has 0 unspecified atom stereocenters. The molecule has 2 aromatic heterocycles. The molecule has 1 aliphatic heterocycles. The Kier molecular flexibility index (Phi) is 3.78. The van der Waals surface area contributed by atoms with Crippen molar-refractivity contribution >= 4 is 28.7 Å². The number of aromatic nitrogens is 2. The normalized spacial score (nSPS) is 15.7. The highest BCUT2D eigenvalue weighted by atomic mass is 19.4. The number of nitrogens with zero attached hydrogens (tertiary/aromatic N) is 4. The molecular formula is C17H13F3N4O2. The molecule has 1 aliphatic rings. The summed E-state index contributed by atoms with van der Waals surface area (Å²) < 4.78 is 44.1. The number of carbonyl (C=O) groups is 1. The van der Waals surface area contributed by atoms with Gasteiger partial charge < -0.3 is 14.2 Å². The number of rotatable bonds is 2. The Bertz CT molecular complexity index is 937. The first-order chi connectivity index (χ1) is 12.4. The molecule has 0 radical (unpaired) electrons. The van der Waals surface area contributed by atoms with Crippen molar-refractivity contribution in [1.29, 1.82) is 0 Å². The molecule has 3 aromatic rings. The number of para-hydroxylation sites is 2. The number of halogens is 3. The van der Waals surface area contributed by atoms with Gasteiger partial charge >= 0.3 is 6.18 Å². The number of amides is 1. The molecule has 0 N–H and O–H groups in total. The van der Waals surface area contributed by atoms with Gasteiger partial charge in [-0.25, -0.2) is 0 Å². The number of benzene rings is 1. The number of alkyl halides is 3. The smallest absolute Gasteiger partial charge is 0.423 e. The predicted molar refractivity (Wildman–Crippen MR) is 87.8 cm³/mol. The van der Waals surface area contributed by atoms with Crippen molar-refractivity contribution < 1.29 is 22.4 Å². The van der Waals surface area contributed by atoms with E-state index in [1.165, 1.54) is 11.0 Å². The van der Waals surface area contributed by atoms with E-state index >= 15 is 0 Å². The lowest BCUT2D eigenvalue weighted by Gasteiger charge is -2.33. The summed E-state index contributed by atoms with van der Waals surface area (Å²) in [5, 5.41) is 0. The van der Waals surface area contributed by atoms with Crippen molar-refractivity contribution in [3.05, 3.63) is 48.3 Å². The maximum absolute atomic E-state index is 12.8. The number of anilines is 2. The number of carbonyl (C=O) groups excluding carboxylic acids is 1. The van der Waals surface area contributed by atoms with E-state index in [0.717, 1.165) is 12.3 Å². The molecule has 1 amide bonds. The Hall–Kier alpha value is -3.10. The van der Waals surface area contributed by atoms with Crippen molar-refractivity contribution in [2.75, 3.05) is 29.4 Å². The second-order valence-corrected chi connectivity index (χ2v) is 5.83. The number of piperazine rings is 1. The van der Waals surface area contributed by atoms with E-state index in [4.69, 9.17) is 4.42 Å². The van der Waals surface area contributed by atoms with Gasteiger partial charge in [-0.05, 0) is 24.3 Å². The van der Waals surface area contributed by atoms with Crippen molar-refractivity contribution in [1.82, 2.24) is 9.97 Å². The van der Waals surface area contributed by atoms with E-state index < -0.39 is 11.9 Å². The molecule has 1 saturated heterocycles. The van der Waals surface area contributed by atoms with Gasteiger partial charge in [-0.15, -0.1) is 0 Å². The molecule has 134 valence electrons. The van der Waals surface area contributed by atoms with Gasteiger partial charge in [0.2, 0.25) is 5.91 Å². The minimum absolute atomic E-state index is 0.0313. The van der Waals surface area contributed by atoms with Crippen LogP contribution in [0.1, 0.15) is 5.69 Å². The van der Waals surface area contributed by atoms with Crippen LogP contribution in [-0.2, 0) is 11.0 Å². The van der Waals surface area contributed by atoms with Gasteiger partial charge in [-0.2, -0.15) is 18.2 Å². The van der Waals surface area contributed by atoms with Crippen molar-refractivity contribution in [3.63, 3.8) is 0 Å². The first-order valence-electron chi connectivity index (χ1n) is 7.86. The zero-order valence-corrected chi connectivity index (χ0v) is 13.4. The predicted octanol–water partition coefficient (Wildman–Crippen LogP) is 3.09. The van der Waals surface area contributed by atoms with Gasteiger partial charge in [0.05, 0.1) is 0 Å². The molecule has 0 aliphatic carbocycles. The van der Waals surface area contributed by atoms with Crippen LogP contribution >= 0.6 is 0 Å². The monoisotopic (exact) mass is 362 g/mol. The Balaban J connectivity index is 1.54. The number of pyridine rings is 1. The molecule has 0 saturated carbocycles. The lowest BCUT2D eigenvalue weighted by Crippen LogP contribution is -2.50. The number of fused-ring (bicyclic) bond motifs is 1. The minimum atomic E-state index is -4.56. The first-order valence-corrected chi connectivity index (χ1v) is 7.86. The summed E-state index contributed by atoms with van der Waals surface area (Å²) in [5.41, 5.74) is 0.446. The Morgan fingerprint density at radius 1 is 1.12 bits per heavy atom. The van der Waals surface area contributed by atoms with E-state index in [9.17, 15) is 18.0 Å². The molecule has 1 aromatic carbocycles. The Morgan fingerprint density at radius 2 is 1.92 bits per heavy atom. The van der Waals surface area contributed by atoms with Gasteiger partial charge in [0, 0.05) is 25.0 Å². The Morgan fingerprint density at radius 3 is 2.65 bits per heavy atom. The molecule has 6 nitrogen and oxygen atoms in total. The number of hydrogen-bond acceptors (Lipinski definition) is 5. The van der Waals surface area contributed by atoms with Gasteiger partial charge in [0.1, 0.15) is 17.8 Å². The molecule has 0 bridgehead atoms. The van der Waals surface area contributed by atoms with Crippen LogP contribution in [0.25, 0.3) is 11.1 Å². The fraction of sp³-hybridized carbons (Fsp3) is 0.235. The molecule has 4 rings (SSSR count). The molecular weight excluding hydrogens is 349 g/mol.